The van der Waals surface area contributed by atoms with Gasteiger partial charge in [-0.25, -0.2) is 0 Å². The van der Waals surface area contributed by atoms with Crippen LogP contribution in [0.25, 0.3) is 0 Å². The summed E-state index contributed by atoms with van der Waals surface area (Å²) >= 11 is 0. The van der Waals surface area contributed by atoms with Crippen molar-refractivity contribution < 1.29 is 9.84 Å². The lowest BCUT2D eigenvalue weighted by molar-refractivity contribution is 0.0988. The highest BCUT2D eigenvalue weighted by Gasteiger charge is 2.30. The lowest BCUT2D eigenvalue weighted by Gasteiger charge is -2.40. The van der Waals surface area contributed by atoms with E-state index in [4.69, 9.17) is 10.5 Å². The molecule has 0 aliphatic heterocycles. The van der Waals surface area contributed by atoms with Gasteiger partial charge in [-0.1, -0.05) is 18.9 Å². The second kappa shape index (κ2) is 7.14. The molecule has 1 aliphatic rings. The molecule has 0 amide bonds. The summed E-state index contributed by atoms with van der Waals surface area (Å²) in [6, 6.07) is 6.42. The minimum absolute atomic E-state index is 0.189. The third-order valence-corrected chi connectivity index (χ3v) is 4.99. The molecule has 1 fully saturated rings. The topological polar surface area (TPSA) is 58.7 Å². The second-order valence-electron chi connectivity index (χ2n) is 6.12. The molecule has 3 atom stereocenters. The van der Waals surface area contributed by atoms with Crippen molar-refractivity contribution in [2.24, 2.45) is 11.7 Å². The Morgan fingerprint density at radius 3 is 2.76 bits per heavy atom. The average Bonchev–Trinajstić information content (AvgIpc) is 2.53. The highest BCUT2D eigenvalue weighted by Crippen LogP contribution is 2.35. The number of methoxy groups -OCH3 is 1. The molecule has 0 spiro atoms. The number of phenolic OH excluding ortho intramolecular Hbond substituents is 1. The normalized spacial score (nSPS) is 24.0. The monoisotopic (exact) mass is 292 g/mol. The van der Waals surface area contributed by atoms with Crippen molar-refractivity contribution in [1.82, 2.24) is 4.90 Å². The van der Waals surface area contributed by atoms with E-state index in [0.717, 1.165) is 12.1 Å². The number of phenols is 1. The Hall–Kier alpha value is -1.26. The molecule has 2 rings (SSSR count). The standard InChI is InChI=1S/C17H28N2O2/c1-12(13-8-9-16(20)17(10-13)21-3)19(2)15-7-5-4-6-14(15)11-18/h8-10,12,14-15,20H,4-7,11,18H2,1-3H3. The van der Waals surface area contributed by atoms with E-state index < -0.39 is 0 Å². The quantitative estimate of drug-likeness (QED) is 0.876. The van der Waals surface area contributed by atoms with E-state index in [1.807, 2.05) is 12.1 Å². The zero-order valence-electron chi connectivity index (χ0n) is 13.4. The summed E-state index contributed by atoms with van der Waals surface area (Å²) in [5.74, 6) is 1.31. The number of aromatic hydroxyl groups is 1. The van der Waals surface area contributed by atoms with Crippen molar-refractivity contribution in [3.05, 3.63) is 23.8 Å². The van der Waals surface area contributed by atoms with Crippen molar-refractivity contribution in [2.75, 3.05) is 20.7 Å². The van der Waals surface area contributed by atoms with E-state index in [0.29, 0.717) is 17.7 Å². The molecule has 0 radical (unpaired) electrons. The van der Waals surface area contributed by atoms with Gasteiger partial charge in [0.25, 0.3) is 0 Å². The van der Waals surface area contributed by atoms with Crippen LogP contribution >= 0.6 is 0 Å². The summed E-state index contributed by atoms with van der Waals surface area (Å²) in [6.07, 6.45) is 5.04. The van der Waals surface area contributed by atoms with Crippen LogP contribution in [0.2, 0.25) is 0 Å². The molecular formula is C17H28N2O2. The van der Waals surface area contributed by atoms with Crippen molar-refractivity contribution in [1.29, 1.82) is 0 Å². The lowest BCUT2D eigenvalue weighted by Crippen LogP contribution is -2.44. The average molecular weight is 292 g/mol. The Bertz CT molecular complexity index is 464. The van der Waals surface area contributed by atoms with E-state index >= 15 is 0 Å². The van der Waals surface area contributed by atoms with Crippen LogP contribution in [-0.2, 0) is 0 Å². The molecule has 3 N–H and O–H groups in total. The summed E-state index contributed by atoms with van der Waals surface area (Å²) in [6.45, 7) is 2.97. The predicted octanol–water partition coefficient (Wildman–Crippen LogP) is 2.91. The van der Waals surface area contributed by atoms with Gasteiger partial charge in [-0.15, -0.1) is 0 Å². The fourth-order valence-corrected chi connectivity index (χ4v) is 3.48. The molecule has 4 heteroatoms. The summed E-state index contributed by atoms with van der Waals surface area (Å²) in [4.78, 5) is 2.43. The fourth-order valence-electron chi connectivity index (χ4n) is 3.48. The zero-order valence-corrected chi connectivity index (χ0v) is 13.4. The lowest BCUT2D eigenvalue weighted by atomic mass is 9.83. The first-order valence-electron chi connectivity index (χ1n) is 7.87. The summed E-state index contributed by atoms with van der Waals surface area (Å²) < 4.78 is 5.21. The number of ether oxygens (including phenoxy) is 1. The highest BCUT2D eigenvalue weighted by atomic mass is 16.5. The number of hydrogen-bond donors (Lipinski definition) is 2. The predicted molar refractivity (Wildman–Crippen MR) is 85.6 cm³/mol. The summed E-state index contributed by atoms with van der Waals surface area (Å²) in [7, 11) is 3.77. The van der Waals surface area contributed by atoms with Gasteiger partial charge in [-0.2, -0.15) is 0 Å². The molecule has 0 aromatic heterocycles. The smallest absolute Gasteiger partial charge is 0.160 e. The zero-order chi connectivity index (χ0) is 15.4. The Labute approximate surface area is 127 Å². The van der Waals surface area contributed by atoms with Crippen LogP contribution in [0.15, 0.2) is 18.2 Å². The van der Waals surface area contributed by atoms with E-state index in [1.54, 1.807) is 13.2 Å². The molecule has 4 nitrogen and oxygen atoms in total. The van der Waals surface area contributed by atoms with E-state index in [-0.39, 0.29) is 11.8 Å². The minimum Gasteiger partial charge on any atom is -0.504 e. The Kier molecular flexibility index (Phi) is 5.48. The molecule has 1 saturated carbocycles. The van der Waals surface area contributed by atoms with Crippen LogP contribution in [0.1, 0.15) is 44.2 Å². The molecule has 0 bridgehead atoms. The largest absolute Gasteiger partial charge is 0.504 e. The van der Waals surface area contributed by atoms with Gasteiger partial charge in [0.05, 0.1) is 7.11 Å². The maximum absolute atomic E-state index is 9.73. The number of nitrogens with zero attached hydrogens (tertiary/aromatic N) is 1. The van der Waals surface area contributed by atoms with Crippen LogP contribution < -0.4 is 10.5 Å². The first kappa shape index (κ1) is 16.1. The van der Waals surface area contributed by atoms with Crippen LogP contribution in [0.4, 0.5) is 0 Å². The van der Waals surface area contributed by atoms with Gasteiger partial charge in [0.2, 0.25) is 0 Å². The molecule has 1 aromatic carbocycles. The van der Waals surface area contributed by atoms with Gasteiger partial charge in [-0.05, 0) is 57.0 Å². The number of hydrogen-bond acceptors (Lipinski definition) is 4. The van der Waals surface area contributed by atoms with Gasteiger partial charge in [0, 0.05) is 12.1 Å². The van der Waals surface area contributed by atoms with Crippen LogP contribution in [0.5, 0.6) is 11.5 Å². The molecule has 118 valence electrons. The molecular weight excluding hydrogens is 264 g/mol. The maximum Gasteiger partial charge on any atom is 0.160 e. The van der Waals surface area contributed by atoms with Crippen molar-refractivity contribution in [2.45, 2.75) is 44.7 Å². The fraction of sp³-hybridized carbons (Fsp3) is 0.647. The summed E-state index contributed by atoms with van der Waals surface area (Å²) in [5.41, 5.74) is 7.12. The third kappa shape index (κ3) is 3.50. The molecule has 3 unspecified atom stereocenters. The SMILES string of the molecule is COc1cc(C(C)N(C)C2CCCCC2CN)ccc1O. The number of rotatable bonds is 5. The summed E-state index contributed by atoms with van der Waals surface area (Å²) in [5, 5.41) is 9.73. The van der Waals surface area contributed by atoms with Gasteiger partial charge in [0.1, 0.15) is 0 Å². The molecule has 0 heterocycles. The van der Waals surface area contributed by atoms with Crippen molar-refractivity contribution in [3.8, 4) is 11.5 Å². The van der Waals surface area contributed by atoms with Crippen LogP contribution in [0, 0.1) is 5.92 Å². The Balaban J connectivity index is 2.16. The van der Waals surface area contributed by atoms with Crippen LogP contribution in [-0.4, -0.2) is 36.8 Å². The number of nitrogens with two attached hydrogens (primary N) is 1. The van der Waals surface area contributed by atoms with Gasteiger partial charge in [0.15, 0.2) is 11.5 Å². The highest BCUT2D eigenvalue weighted by molar-refractivity contribution is 5.42. The first-order valence-corrected chi connectivity index (χ1v) is 7.87. The molecule has 0 saturated heterocycles. The second-order valence-corrected chi connectivity index (χ2v) is 6.12. The van der Waals surface area contributed by atoms with E-state index in [2.05, 4.69) is 18.9 Å². The molecule has 1 aliphatic carbocycles. The Morgan fingerprint density at radius 1 is 1.38 bits per heavy atom. The molecule has 21 heavy (non-hydrogen) atoms. The maximum atomic E-state index is 9.73. The minimum atomic E-state index is 0.189. The molecule has 1 aromatic rings. The number of benzene rings is 1. The van der Waals surface area contributed by atoms with Gasteiger partial charge >= 0.3 is 0 Å². The van der Waals surface area contributed by atoms with Crippen molar-refractivity contribution in [3.63, 3.8) is 0 Å². The van der Waals surface area contributed by atoms with Gasteiger partial charge < -0.3 is 15.6 Å². The van der Waals surface area contributed by atoms with E-state index in [9.17, 15) is 5.11 Å². The van der Waals surface area contributed by atoms with Gasteiger partial charge in [-0.3, -0.25) is 4.90 Å². The van der Waals surface area contributed by atoms with Crippen LogP contribution in [0.3, 0.4) is 0 Å². The first-order chi connectivity index (χ1) is 10.1. The van der Waals surface area contributed by atoms with Crippen molar-refractivity contribution >= 4 is 0 Å². The Morgan fingerprint density at radius 2 is 2.10 bits per heavy atom. The third-order valence-electron chi connectivity index (χ3n) is 4.99. The van der Waals surface area contributed by atoms with E-state index in [1.165, 1.54) is 25.7 Å².